The van der Waals surface area contributed by atoms with E-state index in [0.29, 0.717) is 12.4 Å². The first-order valence-corrected chi connectivity index (χ1v) is 6.43. The second-order valence-corrected chi connectivity index (χ2v) is 4.72. The minimum atomic E-state index is -4.03. The minimum absolute atomic E-state index is 0.191. The van der Waals surface area contributed by atoms with Crippen LogP contribution >= 0.6 is 11.6 Å². The van der Waals surface area contributed by atoms with E-state index in [4.69, 9.17) is 11.6 Å². The largest absolute Gasteiger partial charge is 0.389 e. The Bertz CT molecular complexity index is 196. The number of nitrogens with zero attached hydrogens (tertiary/aromatic N) is 1. The van der Waals surface area contributed by atoms with Crippen LogP contribution < -0.4 is 0 Å². The van der Waals surface area contributed by atoms with E-state index in [0.717, 1.165) is 25.8 Å². The smallest absolute Gasteiger partial charge is 0.299 e. The van der Waals surface area contributed by atoms with E-state index in [9.17, 15) is 13.2 Å². The molecule has 0 N–H and O–H groups in total. The highest BCUT2D eigenvalue weighted by molar-refractivity contribution is 6.18. The number of halogens is 4. The van der Waals surface area contributed by atoms with Crippen molar-refractivity contribution in [2.45, 2.75) is 50.7 Å². The van der Waals surface area contributed by atoms with Crippen LogP contribution in [0.1, 0.15) is 38.5 Å². The summed E-state index contributed by atoms with van der Waals surface area (Å²) in [4.78, 5) is 2.13. The molecule has 1 nitrogen and oxygen atoms in total. The maximum atomic E-state index is 12.0. The summed E-state index contributed by atoms with van der Waals surface area (Å²) in [5.41, 5.74) is 0. The molecule has 0 aromatic heterocycles. The molecule has 1 aliphatic heterocycles. The maximum Gasteiger partial charge on any atom is 0.389 e. The van der Waals surface area contributed by atoms with Crippen molar-refractivity contribution in [2.24, 2.45) is 0 Å². The number of hydrogen-bond donors (Lipinski definition) is 0. The van der Waals surface area contributed by atoms with Gasteiger partial charge in [0.1, 0.15) is 0 Å². The van der Waals surface area contributed by atoms with E-state index in [-0.39, 0.29) is 12.5 Å². The highest BCUT2D eigenvalue weighted by atomic mass is 35.5. The lowest BCUT2D eigenvalue weighted by Crippen LogP contribution is -2.37. The van der Waals surface area contributed by atoms with Crippen LogP contribution in [-0.2, 0) is 0 Å². The van der Waals surface area contributed by atoms with Gasteiger partial charge in [-0.05, 0) is 32.4 Å². The molecule has 5 heteroatoms. The van der Waals surface area contributed by atoms with Crippen molar-refractivity contribution in [2.75, 3.05) is 19.0 Å². The van der Waals surface area contributed by atoms with Crippen LogP contribution in [0.3, 0.4) is 0 Å². The van der Waals surface area contributed by atoms with Crippen molar-refractivity contribution < 1.29 is 13.2 Å². The molecule has 1 unspecified atom stereocenters. The molecular formula is C11H19ClF3N. The minimum Gasteiger partial charge on any atom is -0.299 e. The van der Waals surface area contributed by atoms with Gasteiger partial charge in [-0.3, -0.25) is 4.90 Å². The van der Waals surface area contributed by atoms with Crippen LogP contribution in [0.2, 0.25) is 0 Å². The molecule has 16 heavy (non-hydrogen) atoms. The van der Waals surface area contributed by atoms with Gasteiger partial charge in [-0.15, -0.1) is 11.6 Å². The third kappa shape index (κ3) is 5.39. The summed E-state index contributed by atoms with van der Waals surface area (Å²) in [5.74, 6) is 0.534. The predicted octanol–water partition coefficient (Wildman–Crippen LogP) is 3.81. The van der Waals surface area contributed by atoms with Gasteiger partial charge in [-0.25, -0.2) is 0 Å². The van der Waals surface area contributed by atoms with Gasteiger partial charge in [0.05, 0.1) is 0 Å². The van der Waals surface area contributed by atoms with E-state index in [1.54, 1.807) is 0 Å². The molecule has 1 atom stereocenters. The van der Waals surface area contributed by atoms with Crippen LogP contribution in [0.4, 0.5) is 13.2 Å². The Hall–Kier alpha value is 0.0400. The average Bonchev–Trinajstić information content (AvgIpc) is 2.41. The SMILES string of the molecule is FC(F)(F)CCCN1CCCCCC1CCl. The van der Waals surface area contributed by atoms with E-state index < -0.39 is 12.6 Å². The zero-order valence-corrected chi connectivity index (χ0v) is 10.2. The summed E-state index contributed by atoms with van der Waals surface area (Å²) < 4.78 is 36.1. The lowest BCUT2D eigenvalue weighted by molar-refractivity contribution is -0.136. The van der Waals surface area contributed by atoms with Crippen molar-refractivity contribution in [3.63, 3.8) is 0 Å². The van der Waals surface area contributed by atoms with Crippen LogP contribution in [0.25, 0.3) is 0 Å². The monoisotopic (exact) mass is 257 g/mol. The summed E-state index contributed by atoms with van der Waals surface area (Å²) in [5, 5.41) is 0. The Morgan fingerprint density at radius 1 is 1.19 bits per heavy atom. The molecule has 0 saturated carbocycles. The van der Waals surface area contributed by atoms with Gasteiger partial charge in [0.15, 0.2) is 0 Å². The first-order chi connectivity index (χ1) is 7.53. The quantitative estimate of drug-likeness (QED) is 0.692. The lowest BCUT2D eigenvalue weighted by atomic mass is 10.1. The molecule has 1 aliphatic rings. The van der Waals surface area contributed by atoms with Gasteiger partial charge in [0.25, 0.3) is 0 Å². The third-order valence-corrected chi connectivity index (χ3v) is 3.44. The Labute approximate surface area is 99.9 Å². The summed E-state index contributed by atoms with van der Waals surface area (Å²) in [7, 11) is 0. The molecule has 1 fully saturated rings. The molecule has 0 aromatic rings. The van der Waals surface area contributed by atoms with Crippen LogP contribution in [-0.4, -0.2) is 36.1 Å². The number of likely N-dealkylation sites (tertiary alicyclic amines) is 1. The van der Waals surface area contributed by atoms with Gasteiger partial charge < -0.3 is 0 Å². The molecule has 1 saturated heterocycles. The van der Waals surface area contributed by atoms with Crippen LogP contribution in [0, 0.1) is 0 Å². The Morgan fingerprint density at radius 3 is 2.56 bits per heavy atom. The maximum absolute atomic E-state index is 12.0. The molecule has 0 aliphatic carbocycles. The highest BCUT2D eigenvalue weighted by Gasteiger charge is 2.27. The van der Waals surface area contributed by atoms with Gasteiger partial charge in [-0.1, -0.05) is 12.8 Å². The van der Waals surface area contributed by atoms with Crippen molar-refractivity contribution in [1.29, 1.82) is 0 Å². The van der Waals surface area contributed by atoms with Crippen molar-refractivity contribution in [3.05, 3.63) is 0 Å². The first-order valence-electron chi connectivity index (χ1n) is 5.89. The van der Waals surface area contributed by atoms with Crippen LogP contribution in [0.15, 0.2) is 0 Å². The summed E-state index contributed by atoms with van der Waals surface area (Å²) in [6.45, 7) is 1.42. The number of hydrogen-bond acceptors (Lipinski definition) is 1. The van der Waals surface area contributed by atoms with Crippen molar-refractivity contribution >= 4 is 11.6 Å². The fourth-order valence-corrected chi connectivity index (χ4v) is 2.54. The first kappa shape index (κ1) is 14.1. The highest BCUT2D eigenvalue weighted by Crippen LogP contribution is 2.23. The Kier molecular flexibility index (Phi) is 5.90. The van der Waals surface area contributed by atoms with E-state index in [2.05, 4.69) is 4.90 Å². The van der Waals surface area contributed by atoms with E-state index >= 15 is 0 Å². The third-order valence-electron chi connectivity index (χ3n) is 3.08. The van der Waals surface area contributed by atoms with Gasteiger partial charge >= 0.3 is 6.18 Å². The van der Waals surface area contributed by atoms with E-state index in [1.807, 2.05) is 0 Å². The fraction of sp³-hybridized carbons (Fsp3) is 1.00. The van der Waals surface area contributed by atoms with Crippen molar-refractivity contribution in [3.8, 4) is 0 Å². The fourth-order valence-electron chi connectivity index (χ4n) is 2.19. The average molecular weight is 258 g/mol. The number of alkyl halides is 4. The van der Waals surface area contributed by atoms with Gasteiger partial charge in [-0.2, -0.15) is 13.2 Å². The molecule has 0 radical (unpaired) electrons. The normalized spacial score (nSPS) is 24.4. The van der Waals surface area contributed by atoms with Gasteiger partial charge in [0.2, 0.25) is 0 Å². The van der Waals surface area contributed by atoms with Gasteiger partial charge in [0, 0.05) is 18.3 Å². The van der Waals surface area contributed by atoms with Crippen LogP contribution in [0.5, 0.6) is 0 Å². The Balaban J connectivity index is 2.31. The predicted molar refractivity (Wildman–Crippen MR) is 59.8 cm³/mol. The number of rotatable bonds is 4. The molecule has 0 spiro atoms. The summed E-state index contributed by atoms with van der Waals surface area (Å²) in [6.07, 6.45) is -0.0943. The van der Waals surface area contributed by atoms with Crippen molar-refractivity contribution in [1.82, 2.24) is 4.90 Å². The standard InChI is InChI=1S/C11H19ClF3N/c12-9-10-5-2-1-3-7-16(10)8-4-6-11(13,14)15/h10H,1-9H2. The van der Waals surface area contributed by atoms with E-state index in [1.165, 1.54) is 6.42 Å². The molecule has 0 aromatic carbocycles. The second kappa shape index (κ2) is 6.70. The second-order valence-electron chi connectivity index (χ2n) is 4.41. The Morgan fingerprint density at radius 2 is 1.94 bits per heavy atom. The molecule has 1 rings (SSSR count). The molecule has 96 valence electrons. The molecule has 1 heterocycles. The zero-order chi connectivity index (χ0) is 12.0. The molecular weight excluding hydrogens is 239 g/mol. The lowest BCUT2D eigenvalue weighted by Gasteiger charge is -2.28. The zero-order valence-electron chi connectivity index (χ0n) is 9.40. The summed E-state index contributed by atoms with van der Waals surface area (Å²) >= 11 is 5.85. The topological polar surface area (TPSA) is 3.24 Å². The summed E-state index contributed by atoms with van der Waals surface area (Å²) in [6, 6.07) is 0.275. The molecule has 0 bridgehead atoms. The molecule has 0 amide bonds.